The Morgan fingerprint density at radius 2 is 1.94 bits per heavy atom. The van der Waals surface area contributed by atoms with E-state index in [-0.39, 0.29) is 11.3 Å². The molecule has 3 heteroatoms. The molecule has 0 radical (unpaired) electrons. The Morgan fingerprint density at radius 3 is 2.50 bits per heavy atom. The van der Waals surface area contributed by atoms with E-state index in [0.717, 1.165) is 23.9 Å². The highest BCUT2D eigenvalue weighted by molar-refractivity contribution is 9.10. The average molecular weight is 280 g/mol. The van der Waals surface area contributed by atoms with Gasteiger partial charge in [0, 0.05) is 16.9 Å². The Hall–Kier alpha value is -0.830. The van der Waals surface area contributed by atoms with Crippen molar-refractivity contribution < 1.29 is 4.79 Å². The highest BCUT2D eigenvalue weighted by atomic mass is 79.9. The van der Waals surface area contributed by atoms with Crippen LogP contribution in [0.4, 0.5) is 0 Å². The maximum atomic E-state index is 11.9. The number of rotatable bonds is 1. The largest absolute Gasteiger partial charge is 0.355 e. The van der Waals surface area contributed by atoms with Crippen LogP contribution < -0.4 is 5.32 Å². The summed E-state index contributed by atoms with van der Waals surface area (Å²) in [6.07, 6.45) is 3.31. The molecule has 1 aromatic carbocycles. The Morgan fingerprint density at radius 1 is 1.25 bits per heavy atom. The molecule has 1 aliphatic carbocycles. The molecule has 1 N–H and O–H groups in total. The maximum absolute atomic E-state index is 11.9. The van der Waals surface area contributed by atoms with Gasteiger partial charge >= 0.3 is 0 Å². The second kappa shape index (κ2) is 3.59. The number of hydrogen-bond donors (Lipinski definition) is 1. The van der Waals surface area contributed by atoms with Crippen LogP contribution in [0.5, 0.6) is 0 Å². The molecule has 3 rings (SSSR count). The van der Waals surface area contributed by atoms with Crippen LogP contribution in [0.2, 0.25) is 0 Å². The van der Waals surface area contributed by atoms with E-state index in [1.165, 1.54) is 12.0 Å². The highest BCUT2D eigenvalue weighted by Crippen LogP contribution is 2.54. The third-order valence-electron chi connectivity index (χ3n) is 4.10. The van der Waals surface area contributed by atoms with E-state index in [0.29, 0.717) is 5.92 Å². The van der Waals surface area contributed by atoms with E-state index in [1.54, 1.807) is 0 Å². The summed E-state index contributed by atoms with van der Waals surface area (Å²) in [5, 5.41) is 3.02. The van der Waals surface area contributed by atoms with Gasteiger partial charge in [0.1, 0.15) is 0 Å². The van der Waals surface area contributed by atoms with Crippen molar-refractivity contribution in [3.05, 3.63) is 34.3 Å². The number of carbonyl (C=O) groups excluding carboxylic acids is 1. The fourth-order valence-electron chi connectivity index (χ4n) is 2.99. The summed E-state index contributed by atoms with van der Waals surface area (Å²) in [5.74, 6) is 0.647. The first-order chi connectivity index (χ1) is 7.72. The zero-order valence-electron chi connectivity index (χ0n) is 9.00. The van der Waals surface area contributed by atoms with Gasteiger partial charge < -0.3 is 5.32 Å². The lowest BCUT2D eigenvalue weighted by Crippen LogP contribution is -2.40. The first kappa shape index (κ1) is 10.3. The SMILES string of the molecule is O=C1NC[C@@H](c2ccc(Br)cc2)C12CCC2. The summed E-state index contributed by atoms with van der Waals surface area (Å²) >= 11 is 3.44. The van der Waals surface area contributed by atoms with Crippen molar-refractivity contribution in [1.29, 1.82) is 0 Å². The normalized spacial score (nSPS) is 26.6. The molecule has 2 aliphatic rings. The molecule has 1 saturated heterocycles. The van der Waals surface area contributed by atoms with Crippen molar-refractivity contribution in [1.82, 2.24) is 5.32 Å². The molecular formula is C13H14BrNO. The summed E-state index contributed by atoms with van der Waals surface area (Å²) < 4.78 is 1.09. The van der Waals surface area contributed by atoms with Gasteiger partial charge in [0.25, 0.3) is 0 Å². The molecule has 1 spiro atoms. The minimum absolute atomic E-state index is 0.0756. The van der Waals surface area contributed by atoms with Gasteiger partial charge in [0.2, 0.25) is 5.91 Å². The molecule has 0 bridgehead atoms. The van der Waals surface area contributed by atoms with E-state index in [2.05, 4.69) is 45.5 Å². The quantitative estimate of drug-likeness (QED) is 0.842. The van der Waals surface area contributed by atoms with Crippen LogP contribution in [0.1, 0.15) is 30.7 Å². The average Bonchev–Trinajstić information content (AvgIpc) is 2.56. The summed E-state index contributed by atoms with van der Waals surface area (Å²) in [4.78, 5) is 11.9. The van der Waals surface area contributed by atoms with Crippen LogP contribution >= 0.6 is 15.9 Å². The molecule has 2 nitrogen and oxygen atoms in total. The summed E-state index contributed by atoms with van der Waals surface area (Å²) in [6.45, 7) is 0.806. The van der Waals surface area contributed by atoms with Gasteiger partial charge in [-0.25, -0.2) is 0 Å². The lowest BCUT2D eigenvalue weighted by molar-refractivity contribution is -0.132. The topological polar surface area (TPSA) is 29.1 Å². The van der Waals surface area contributed by atoms with Gasteiger partial charge in [-0.05, 0) is 30.5 Å². The minimum atomic E-state index is -0.0756. The molecule has 1 amide bonds. The fourth-order valence-corrected chi connectivity index (χ4v) is 3.25. The van der Waals surface area contributed by atoms with Crippen molar-refractivity contribution in [2.24, 2.45) is 5.41 Å². The summed E-state index contributed by atoms with van der Waals surface area (Å²) in [5.41, 5.74) is 1.22. The molecule has 1 saturated carbocycles. The molecule has 0 aromatic heterocycles. The molecule has 1 aromatic rings. The van der Waals surface area contributed by atoms with E-state index < -0.39 is 0 Å². The predicted octanol–water partition coefficient (Wildman–Crippen LogP) is 2.83. The molecule has 16 heavy (non-hydrogen) atoms. The van der Waals surface area contributed by atoms with Gasteiger partial charge in [-0.15, -0.1) is 0 Å². The zero-order chi connectivity index (χ0) is 11.2. The monoisotopic (exact) mass is 279 g/mol. The summed E-state index contributed by atoms with van der Waals surface area (Å²) in [7, 11) is 0. The number of nitrogens with one attached hydrogen (secondary N) is 1. The first-order valence-corrected chi connectivity index (χ1v) is 6.55. The second-order valence-electron chi connectivity index (χ2n) is 4.82. The van der Waals surface area contributed by atoms with E-state index in [4.69, 9.17) is 0 Å². The molecule has 0 unspecified atom stereocenters. The standard InChI is InChI=1S/C13H14BrNO/c14-10-4-2-9(3-5-10)11-8-15-12(16)13(11)6-1-7-13/h2-5,11H,1,6-8H2,(H,15,16)/t11-/m0/s1. The van der Waals surface area contributed by atoms with Gasteiger partial charge in [-0.3, -0.25) is 4.79 Å². The van der Waals surface area contributed by atoms with E-state index in [9.17, 15) is 4.79 Å². The third-order valence-corrected chi connectivity index (χ3v) is 4.63. The predicted molar refractivity (Wildman–Crippen MR) is 66.2 cm³/mol. The Balaban J connectivity index is 1.95. The van der Waals surface area contributed by atoms with Crippen molar-refractivity contribution in [3.63, 3.8) is 0 Å². The Bertz CT molecular complexity index is 422. The van der Waals surface area contributed by atoms with Crippen LogP contribution in [0.25, 0.3) is 0 Å². The number of halogens is 1. The number of hydrogen-bond acceptors (Lipinski definition) is 1. The molecular weight excluding hydrogens is 266 g/mol. The van der Waals surface area contributed by atoms with Crippen LogP contribution in [0, 0.1) is 5.41 Å². The lowest BCUT2D eigenvalue weighted by atomic mass is 9.61. The Kier molecular flexibility index (Phi) is 2.32. The molecule has 1 heterocycles. The fraction of sp³-hybridized carbons (Fsp3) is 0.462. The van der Waals surface area contributed by atoms with Gasteiger partial charge in [0.05, 0.1) is 5.41 Å². The van der Waals surface area contributed by atoms with Crippen molar-refractivity contribution in [2.45, 2.75) is 25.2 Å². The highest BCUT2D eigenvalue weighted by Gasteiger charge is 2.54. The number of carbonyl (C=O) groups is 1. The van der Waals surface area contributed by atoms with Crippen molar-refractivity contribution in [3.8, 4) is 0 Å². The molecule has 1 atom stereocenters. The first-order valence-electron chi connectivity index (χ1n) is 5.76. The number of amides is 1. The third kappa shape index (κ3) is 1.34. The second-order valence-corrected chi connectivity index (χ2v) is 5.74. The van der Waals surface area contributed by atoms with E-state index in [1.807, 2.05) is 0 Å². The van der Waals surface area contributed by atoms with Crippen LogP contribution in [0.3, 0.4) is 0 Å². The van der Waals surface area contributed by atoms with Crippen molar-refractivity contribution >= 4 is 21.8 Å². The maximum Gasteiger partial charge on any atom is 0.226 e. The van der Waals surface area contributed by atoms with Crippen LogP contribution in [-0.4, -0.2) is 12.5 Å². The van der Waals surface area contributed by atoms with Crippen LogP contribution in [-0.2, 0) is 4.79 Å². The summed E-state index contributed by atoms with van der Waals surface area (Å²) in [6, 6.07) is 8.39. The smallest absolute Gasteiger partial charge is 0.226 e. The molecule has 1 aliphatic heterocycles. The van der Waals surface area contributed by atoms with Gasteiger partial charge in [-0.2, -0.15) is 0 Å². The van der Waals surface area contributed by atoms with Crippen molar-refractivity contribution in [2.75, 3.05) is 6.54 Å². The lowest BCUT2D eigenvalue weighted by Gasteiger charge is -2.40. The van der Waals surface area contributed by atoms with E-state index >= 15 is 0 Å². The Labute approximate surface area is 104 Å². The molecule has 2 fully saturated rings. The van der Waals surface area contributed by atoms with Crippen LogP contribution in [0.15, 0.2) is 28.7 Å². The van der Waals surface area contributed by atoms with Gasteiger partial charge in [0.15, 0.2) is 0 Å². The number of benzene rings is 1. The molecule has 84 valence electrons. The minimum Gasteiger partial charge on any atom is -0.355 e. The zero-order valence-corrected chi connectivity index (χ0v) is 10.6. The van der Waals surface area contributed by atoms with Gasteiger partial charge in [-0.1, -0.05) is 34.5 Å².